The van der Waals surface area contributed by atoms with Crippen molar-refractivity contribution in [2.75, 3.05) is 6.61 Å². The Morgan fingerprint density at radius 1 is 1.21 bits per heavy atom. The SMILES string of the molecule is CCOC(=O)C(C)(C)c1nnc(-c2cc(-c3ccon3)n(Cc3ccccc3F)n2)nc1Cl. The number of benzene rings is 1. The van der Waals surface area contributed by atoms with E-state index in [1.165, 1.54) is 12.3 Å². The molecule has 3 aromatic heterocycles. The quantitative estimate of drug-likeness (QED) is 0.372. The molecule has 0 bridgehead atoms. The zero-order valence-electron chi connectivity index (χ0n) is 18.1. The van der Waals surface area contributed by atoms with Crippen LogP contribution in [0.25, 0.3) is 22.9 Å². The van der Waals surface area contributed by atoms with Gasteiger partial charge in [-0.2, -0.15) is 5.10 Å². The Kier molecular flexibility index (Phi) is 6.19. The third-order valence-electron chi connectivity index (χ3n) is 5.01. The number of hydrogen-bond donors (Lipinski definition) is 0. The molecule has 1 aromatic carbocycles. The molecule has 11 heteroatoms. The Morgan fingerprint density at radius 2 is 2.00 bits per heavy atom. The van der Waals surface area contributed by atoms with Crippen LogP contribution < -0.4 is 0 Å². The van der Waals surface area contributed by atoms with Gasteiger partial charge in [-0.3, -0.25) is 9.48 Å². The number of esters is 1. The van der Waals surface area contributed by atoms with E-state index in [-0.39, 0.29) is 35.6 Å². The first-order chi connectivity index (χ1) is 15.8. The molecule has 0 aliphatic heterocycles. The van der Waals surface area contributed by atoms with Crippen LogP contribution >= 0.6 is 11.6 Å². The Balaban J connectivity index is 1.73. The molecule has 0 aliphatic carbocycles. The third-order valence-corrected chi connectivity index (χ3v) is 5.27. The van der Waals surface area contributed by atoms with E-state index in [9.17, 15) is 9.18 Å². The highest BCUT2D eigenvalue weighted by atomic mass is 35.5. The number of hydrogen-bond acceptors (Lipinski definition) is 8. The van der Waals surface area contributed by atoms with Gasteiger partial charge in [0.25, 0.3) is 0 Å². The van der Waals surface area contributed by atoms with Gasteiger partial charge in [-0.05, 0) is 32.9 Å². The van der Waals surface area contributed by atoms with E-state index in [0.717, 1.165) is 0 Å². The summed E-state index contributed by atoms with van der Waals surface area (Å²) in [7, 11) is 0. The number of halogens is 2. The highest BCUT2D eigenvalue weighted by Gasteiger charge is 2.36. The Morgan fingerprint density at radius 3 is 2.67 bits per heavy atom. The van der Waals surface area contributed by atoms with Crippen molar-refractivity contribution in [2.45, 2.75) is 32.7 Å². The third kappa shape index (κ3) is 4.47. The van der Waals surface area contributed by atoms with Crippen LogP contribution in [0.2, 0.25) is 5.15 Å². The van der Waals surface area contributed by atoms with Crippen LogP contribution in [-0.2, 0) is 21.5 Å². The van der Waals surface area contributed by atoms with Crippen LogP contribution in [0, 0.1) is 5.82 Å². The monoisotopic (exact) mass is 470 g/mol. The summed E-state index contributed by atoms with van der Waals surface area (Å²) in [4.78, 5) is 16.6. The predicted octanol–water partition coefficient (Wildman–Crippen LogP) is 4.07. The van der Waals surface area contributed by atoms with Gasteiger partial charge < -0.3 is 9.26 Å². The minimum atomic E-state index is -1.14. The molecule has 0 saturated heterocycles. The molecule has 3 heterocycles. The Hall–Kier alpha value is -3.66. The second-order valence-corrected chi connectivity index (χ2v) is 8.03. The zero-order valence-corrected chi connectivity index (χ0v) is 18.9. The highest BCUT2D eigenvalue weighted by molar-refractivity contribution is 6.30. The number of rotatable bonds is 7. The molecule has 0 atom stereocenters. The van der Waals surface area contributed by atoms with Gasteiger partial charge in [0.15, 0.2) is 5.15 Å². The Bertz CT molecular complexity index is 1290. The van der Waals surface area contributed by atoms with Crippen LogP contribution in [0.15, 0.2) is 47.2 Å². The zero-order chi connectivity index (χ0) is 23.6. The molecule has 33 heavy (non-hydrogen) atoms. The average Bonchev–Trinajstić information content (AvgIpc) is 3.45. The van der Waals surface area contributed by atoms with Crippen LogP contribution in [0.4, 0.5) is 4.39 Å². The Labute approximate surface area is 193 Å². The van der Waals surface area contributed by atoms with Crippen LogP contribution in [0.1, 0.15) is 32.0 Å². The minimum absolute atomic E-state index is 0.00435. The molecule has 0 spiro atoms. The summed E-state index contributed by atoms with van der Waals surface area (Å²) >= 11 is 6.37. The number of nitrogens with zero attached hydrogens (tertiary/aromatic N) is 6. The van der Waals surface area contributed by atoms with Crippen molar-refractivity contribution in [3.05, 3.63) is 64.9 Å². The maximum absolute atomic E-state index is 14.2. The van der Waals surface area contributed by atoms with Gasteiger partial charge in [0.05, 0.1) is 18.8 Å². The maximum atomic E-state index is 14.2. The molecule has 0 radical (unpaired) electrons. The van der Waals surface area contributed by atoms with Crippen molar-refractivity contribution in [3.8, 4) is 22.9 Å². The standard InChI is InChI=1S/C22H20ClFN6O3/c1-4-32-21(31)22(2,3)18-19(23)25-20(27-26-18)16-11-17(15-9-10-33-29-15)30(28-16)12-13-7-5-6-8-14(13)24/h5-11H,4,12H2,1-3H3. The second kappa shape index (κ2) is 9.07. The molecule has 9 nitrogen and oxygen atoms in total. The van der Waals surface area contributed by atoms with Crippen molar-refractivity contribution in [3.63, 3.8) is 0 Å². The second-order valence-electron chi connectivity index (χ2n) is 7.67. The van der Waals surface area contributed by atoms with E-state index in [0.29, 0.717) is 22.6 Å². The summed E-state index contributed by atoms with van der Waals surface area (Å²) in [6, 6.07) is 9.76. The minimum Gasteiger partial charge on any atom is -0.465 e. The molecular formula is C22H20ClFN6O3. The van der Waals surface area contributed by atoms with E-state index in [1.807, 2.05) is 0 Å². The topological polar surface area (TPSA) is 109 Å². The molecular weight excluding hydrogens is 451 g/mol. The van der Waals surface area contributed by atoms with Crippen LogP contribution in [-0.4, -0.2) is 42.7 Å². The molecule has 0 fully saturated rings. The predicted molar refractivity (Wildman–Crippen MR) is 117 cm³/mol. The molecule has 0 saturated carbocycles. The smallest absolute Gasteiger partial charge is 0.317 e. The van der Waals surface area contributed by atoms with Crippen molar-refractivity contribution in [1.29, 1.82) is 0 Å². The normalized spacial score (nSPS) is 11.5. The molecule has 0 aliphatic rings. The number of carbonyl (C=O) groups excluding carboxylic acids is 1. The van der Waals surface area contributed by atoms with E-state index in [2.05, 4.69) is 25.4 Å². The fraction of sp³-hybridized carbons (Fsp3) is 0.273. The fourth-order valence-corrected chi connectivity index (χ4v) is 3.55. The van der Waals surface area contributed by atoms with Crippen molar-refractivity contribution in [1.82, 2.24) is 30.1 Å². The molecule has 4 aromatic rings. The van der Waals surface area contributed by atoms with Gasteiger partial charge >= 0.3 is 5.97 Å². The summed E-state index contributed by atoms with van der Waals surface area (Å²) in [6.07, 6.45) is 1.43. The first-order valence-corrected chi connectivity index (χ1v) is 10.5. The summed E-state index contributed by atoms with van der Waals surface area (Å²) in [6.45, 7) is 5.35. The van der Waals surface area contributed by atoms with Gasteiger partial charge in [0.2, 0.25) is 5.82 Å². The van der Waals surface area contributed by atoms with Crippen LogP contribution in [0.5, 0.6) is 0 Å². The van der Waals surface area contributed by atoms with Gasteiger partial charge in [-0.15, -0.1) is 10.2 Å². The lowest BCUT2D eigenvalue weighted by Gasteiger charge is -2.21. The van der Waals surface area contributed by atoms with Crippen molar-refractivity contribution < 1.29 is 18.4 Å². The number of aromatic nitrogens is 6. The van der Waals surface area contributed by atoms with Gasteiger partial charge in [-0.1, -0.05) is 35.0 Å². The summed E-state index contributed by atoms with van der Waals surface area (Å²) in [5.74, 6) is -0.703. The summed E-state index contributed by atoms with van der Waals surface area (Å²) in [5.41, 5.74) is 0.914. The molecule has 0 N–H and O–H groups in total. The van der Waals surface area contributed by atoms with E-state index in [4.69, 9.17) is 20.9 Å². The average molecular weight is 471 g/mol. The van der Waals surface area contributed by atoms with Crippen molar-refractivity contribution in [2.24, 2.45) is 0 Å². The van der Waals surface area contributed by atoms with E-state index >= 15 is 0 Å². The first-order valence-electron chi connectivity index (χ1n) is 10.1. The van der Waals surface area contributed by atoms with E-state index in [1.54, 1.807) is 55.8 Å². The molecule has 0 unspecified atom stereocenters. The highest BCUT2D eigenvalue weighted by Crippen LogP contribution is 2.30. The molecule has 0 amide bonds. The van der Waals surface area contributed by atoms with Gasteiger partial charge in [-0.25, -0.2) is 9.37 Å². The maximum Gasteiger partial charge on any atom is 0.317 e. The summed E-state index contributed by atoms with van der Waals surface area (Å²) in [5, 5.41) is 16.8. The van der Waals surface area contributed by atoms with Crippen LogP contribution in [0.3, 0.4) is 0 Å². The lowest BCUT2D eigenvalue weighted by Crippen LogP contribution is -2.33. The fourth-order valence-electron chi connectivity index (χ4n) is 3.19. The van der Waals surface area contributed by atoms with Crippen molar-refractivity contribution >= 4 is 17.6 Å². The van der Waals surface area contributed by atoms with Gasteiger partial charge in [0, 0.05) is 11.6 Å². The largest absolute Gasteiger partial charge is 0.465 e. The molecule has 4 rings (SSSR count). The number of ether oxygens (including phenoxy) is 1. The summed E-state index contributed by atoms with van der Waals surface area (Å²) < 4.78 is 25.9. The lowest BCUT2D eigenvalue weighted by atomic mass is 9.90. The lowest BCUT2D eigenvalue weighted by molar-refractivity contribution is -0.149. The first kappa shape index (κ1) is 22.5. The van der Waals surface area contributed by atoms with E-state index < -0.39 is 11.4 Å². The number of carbonyl (C=O) groups is 1. The van der Waals surface area contributed by atoms with Gasteiger partial charge in [0.1, 0.15) is 34.6 Å². The molecule has 170 valence electrons.